The van der Waals surface area contributed by atoms with E-state index in [0.29, 0.717) is 17.7 Å². The third-order valence-electron chi connectivity index (χ3n) is 4.00. The van der Waals surface area contributed by atoms with Gasteiger partial charge in [-0.05, 0) is 35.7 Å². The van der Waals surface area contributed by atoms with Crippen molar-refractivity contribution >= 4 is 17.0 Å². The summed E-state index contributed by atoms with van der Waals surface area (Å²) in [6.07, 6.45) is 2.31. The molecule has 3 aromatic rings. The highest BCUT2D eigenvalue weighted by Gasteiger charge is 2.21. The van der Waals surface area contributed by atoms with E-state index in [0.717, 1.165) is 18.5 Å². The molecule has 4 heteroatoms. The van der Waals surface area contributed by atoms with Gasteiger partial charge in [0.05, 0.1) is 0 Å². The van der Waals surface area contributed by atoms with Crippen LogP contribution in [0.25, 0.3) is 11.1 Å². The Bertz CT molecular complexity index is 822. The van der Waals surface area contributed by atoms with E-state index in [1.807, 2.05) is 29.2 Å². The molecule has 1 aromatic heterocycles. The lowest BCUT2D eigenvalue weighted by Gasteiger charge is -2.28. The van der Waals surface area contributed by atoms with Crippen LogP contribution in [0.4, 0.5) is 0 Å². The molecule has 1 aliphatic rings. The van der Waals surface area contributed by atoms with Crippen LogP contribution >= 0.6 is 0 Å². The number of carbonyl (C=O) groups excluding carboxylic acids is 1. The number of rotatable bonds is 1. The van der Waals surface area contributed by atoms with Crippen LogP contribution in [-0.2, 0) is 13.0 Å². The van der Waals surface area contributed by atoms with Crippen LogP contribution in [0.15, 0.2) is 53.3 Å². The molecule has 0 atom stereocenters. The Morgan fingerprint density at radius 3 is 2.90 bits per heavy atom. The van der Waals surface area contributed by atoms with E-state index in [4.69, 9.17) is 4.42 Å². The van der Waals surface area contributed by atoms with E-state index in [-0.39, 0.29) is 5.91 Å². The van der Waals surface area contributed by atoms with E-state index in [1.165, 1.54) is 17.5 Å². The van der Waals surface area contributed by atoms with Crippen LogP contribution in [0.2, 0.25) is 0 Å². The third kappa shape index (κ3) is 2.09. The van der Waals surface area contributed by atoms with Gasteiger partial charge in [0.2, 0.25) is 0 Å². The fourth-order valence-electron chi connectivity index (χ4n) is 2.84. The lowest BCUT2D eigenvalue weighted by atomic mass is 9.99. The standard InChI is InChI=1S/C17H14N2O2/c20-17(13-5-6-15-16(9-13)21-11-18-15)19-8-7-12-3-1-2-4-14(12)10-19/h1-6,9,11H,7-8,10H2. The second-order valence-electron chi connectivity index (χ2n) is 5.28. The van der Waals surface area contributed by atoms with Crippen molar-refractivity contribution in [1.29, 1.82) is 0 Å². The smallest absolute Gasteiger partial charge is 0.254 e. The molecule has 0 fully saturated rings. The Hall–Kier alpha value is -2.62. The molecule has 4 rings (SSSR count). The van der Waals surface area contributed by atoms with Crippen LogP contribution in [0.3, 0.4) is 0 Å². The molecule has 4 nitrogen and oxygen atoms in total. The topological polar surface area (TPSA) is 46.3 Å². The molecule has 0 N–H and O–H groups in total. The van der Waals surface area contributed by atoms with Crippen molar-refractivity contribution in [2.75, 3.05) is 6.54 Å². The van der Waals surface area contributed by atoms with Crippen LogP contribution in [0.1, 0.15) is 21.5 Å². The Balaban J connectivity index is 1.63. The minimum absolute atomic E-state index is 0.0443. The number of hydrogen-bond donors (Lipinski definition) is 0. The third-order valence-corrected chi connectivity index (χ3v) is 4.00. The number of amides is 1. The molecular formula is C17H14N2O2. The predicted octanol–water partition coefficient (Wildman–Crippen LogP) is 3.03. The number of nitrogens with zero attached hydrogens (tertiary/aromatic N) is 2. The fourth-order valence-corrected chi connectivity index (χ4v) is 2.84. The highest BCUT2D eigenvalue weighted by Crippen LogP contribution is 2.21. The monoisotopic (exact) mass is 278 g/mol. The minimum Gasteiger partial charge on any atom is -0.443 e. The predicted molar refractivity (Wildman–Crippen MR) is 78.9 cm³/mol. The van der Waals surface area contributed by atoms with Gasteiger partial charge in [-0.3, -0.25) is 4.79 Å². The zero-order valence-corrected chi connectivity index (χ0v) is 11.5. The average Bonchev–Trinajstić information content (AvgIpc) is 3.01. The molecule has 0 unspecified atom stereocenters. The number of hydrogen-bond acceptors (Lipinski definition) is 3. The zero-order chi connectivity index (χ0) is 14.2. The SMILES string of the molecule is O=C(c1ccc2ncoc2c1)N1CCc2ccccc2C1. The van der Waals surface area contributed by atoms with E-state index in [9.17, 15) is 4.79 Å². The molecule has 2 aromatic carbocycles. The molecule has 104 valence electrons. The Morgan fingerprint density at radius 1 is 1.14 bits per heavy atom. The first kappa shape index (κ1) is 12.1. The molecule has 1 aliphatic heterocycles. The summed E-state index contributed by atoms with van der Waals surface area (Å²) in [5, 5.41) is 0. The van der Waals surface area contributed by atoms with Crippen LogP contribution < -0.4 is 0 Å². The molecule has 21 heavy (non-hydrogen) atoms. The molecule has 0 aliphatic carbocycles. The van der Waals surface area contributed by atoms with Gasteiger partial charge in [-0.2, -0.15) is 0 Å². The van der Waals surface area contributed by atoms with Crippen molar-refractivity contribution in [2.24, 2.45) is 0 Å². The summed E-state index contributed by atoms with van der Waals surface area (Å²) >= 11 is 0. The van der Waals surface area contributed by atoms with Crippen molar-refractivity contribution in [3.8, 4) is 0 Å². The molecule has 0 saturated heterocycles. The quantitative estimate of drug-likeness (QED) is 0.687. The summed E-state index contributed by atoms with van der Waals surface area (Å²) < 4.78 is 5.27. The van der Waals surface area contributed by atoms with E-state index >= 15 is 0 Å². The molecule has 0 bridgehead atoms. The molecule has 0 saturated carbocycles. The molecule has 0 spiro atoms. The Morgan fingerprint density at radius 2 is 2.00 bits per heavy atom. The Kier molecular flexibility index (Phi) is 2.74. The summed E-state index contributed by atoms with van der Waals surface area (Å²) in [4.78, 5) is 18.6. The largest absolute Gasteiger partial charge is 0.443 e. The first-order valence-electron chi connectivity index (χ1n) is 7.00. The molecular weight excluding hydrogens is 264 g/mol. The highest BCUT2D eigenvalue weighted by molar-refractivity contribution is 5.97. The minimum atomic E-state index is 0.0443. The summed E-state index contributed by atoms with van der Waals surface area (Å²) in [6.45, 7) is 1.42. The van der Waals surface area contributed by atoms with Gasteiger partial charge < -0.3 is 9.32 Å². The maximum Gasteiger partial charge on any atom is 0.254 e. The number of oxazole rings is 1. The maximum absolute atomic E-state index is 12.6. The maximum atomic E-state index is 12.6. The first-order chi connectivity index (χ1) is 10.3. The second-order valence-corrected chi connectivity index (χ2v) is 5.28. The highest BCUT2D eigenvalue weighted by atomic mass is 16.3. The number of fused-ring (bicyclic) bond motifs is 2. The normalized spacial score (nSPS) is 14.2. The van der Waals surface area contributed by atoms with E-state index in [1.54, 1.807) is 6.07 Å². The van der Waals surface area contributed by atoms with Crippen LogP contribution in [-0.4, -0.2) is 22.3 Å². The second kappa shape index (κ2) is 4.74. The van der Waals surface area contributed by atoms with E-state index < -0.39 is 0 Å². The number of carbonyl (C=O) groups is 1. The van der Waals surface area contributed by atoms with Gasteiger partial charge in [0.1, 0.15) is 5.52 Å². The Labute approximate surface area is 122 Å². The average molecular weight is 278 g/mol. The summed E-state index contributed by atoms with van der Waals surface area (Å²) in [7, 11) is 0. The van der Waals surface area contributed by atoms with Gasteiger partial charge in [-0.15, -0.1) is 0 Å². The van der Waals surface area contributed by atoms with E-state index in [2.05, 4.69) is 17.1 Å². The van der Waals surface area contributed by atoms with Crippen LogP contribution in [0, 0.1) is 0 Å². The zero-order valence-electron chi connectivity index (χ0n) is 11.5. The van der Waals surface area contributed by atoms with Crippen molar-refractivity contribution in [3.05, 3.63) is 65.5 Å². The molecule has 0 radical (unpaired) electrons. The van der Waals surface area contributed by atoms with Gasteiger partial charge >= 0.3 is 0 Å². The van der Waals surface area contributed by atoms with Crippen LogP contribution in [0.5, 0.6) is 0 Å². The summed E-state index contributed by atoms with van der Waals surface area (Å²) in [5.41, 5.74) is 4.65. The van der Waals surface area contributed by atoms with Crippen molar-refractivity contribution in [3.63, 3.8) is 0 Å². The summed E-state index contributed by atoms with van der Waals surface area (Å²) in [5.74, 6) is 0.0443. The molecule has 1 amide bonds. The van der Waals surface area contributed by atoms with Gasteiger partial charge in [0, 0.05) is 18.7 Å². The van der Waals surface area contributed by atoms with Gasteiger partial charge in [-0.1, -0.05) is 24.3 Å². The number of aromatic nitrogens is 1. The lowest BCUT2D eigenvalue weighted by Crippen LogP contribution is -2.35. The first-order valence-corrected chi connectivity index (χ1v) is 7.00. The van der Waals surface area contributed by atoms with Gasteiger partial charge in [-0.25, -0.2) is 4.98 Å². The summed E-state index contributed by atoms with van der Waals surface area (Å²) in [6, 6.07) is 13.7. The lowest BCUT2D eigenvalue weighted by molar-refractivity contribution is 0.0735. The van der Waals surface area contributed by atoms with Crippen molar-refractivity contribution in [2.45, 2.75) is 13.0 Å². The fraction of sp³-hybridized carbons (Fsp3) is 0.176. The van der Waals surface area contributed by atoms with Gasteiger partial charge in [0.15, 0.2) is 12.0 Å². The molecule has 2 heterocycles. The number of benzene rings is 2. The van der Waals surface area contributed by atoms with Gasteiger partial charge in [0.25, 0.3) is 5.91 Å². The van der Waals surface area contributed by atoms with Crippen molar-refractivity contribution < 1.29 is 9.21 Å². The van der Waals surface area contributed by atoms with Crippen molar-refractivity contribution in [1.82, 2.24) is 9.88 Å².